The number of rotatable bonds is 2. The summed E-state index contributed by atoms with van der Waals surface area (Å²) in [6.07, 6.45) is 3.63. The summed E-state index contributed by atoms with van der Waals surface area (Å²) >= 11 is 8.55. The number of aromatic nitrogens is 3. The summed E-state index contributed by atoms with van der Waals surface area (Å²) in [5.41, 5.74) is 0. The molecule has 8 heteroatoms. The second-order valence-electron chi connectivity index (χ2n) is 3.77. The number of halogens is 2. The second-order valence-corrected chi connectivity index (χ2v) is 6.28. The summed E-state index contributed by atoms with van der Waals surface area (Å²) in [6, 6.07) is 0. The lowest BCUT2D eigenvalue weighted by Gasteiger charge is -2.25. The third-order valence-corrected chi connectivity index (χ3v) is 4.82. The number of nitrogens with zero attached hydrogens (tertiary/aromatic N) is 4. The molecule has 0 atom stereocenters. The zero-order valence-electron chi connectivity index (χ0n) is 9.34. The smallest absolute Gasteiger partial charge is 0.187 e. The highest BCUT2D eigenvalue weighted by Gasteiger charge is 2.17. The molecule has 2 aromatic rings. The van der Waals surface area contributed by atoms with Gasteiger partial charge in [0.1, 0.15) is 9.60 Å². The van der Waals surface area contributed by atoms with Crippen molar-refractivity contribution in [1.29, 1.82) is 0 Å². The van der Waals surface area contributed by atoms with E-state index >= 15 is 0 Å². The zero-order valence-corrected chi connectivity index (χ0v) is 13.3. The minimum Gasteiger partial charge on any atom is -0.378 e. The predicted octanol–water partition coefficient (Wildman–Crippen LogP) is 2.69. The normalized spacial score (nSPS) is 16.2. The van der Waals surface area contributed by atoms with Crippen LogP contribution in [-0.2, 0) is 4.74 Å². The molecule has 0 aliphatic carbocycles. The van der Waals surface area contributed by atoms with Crippen molar-refractivity contribution in [2.24, 2.45) is 0 Å². The molecule has 1 saturated heterocycles. The van der Waals surface area contributed by atoms with Crippen LogP contribution in [0.15, 0.2) is 21.7 Å². The van der Waals surface area contributed by atoms with Gasteiger partial charge < -0.3 is 9.64 Å². The lowest BCUT2D eigenvalue weighted by atomic mass is 10.5. The molecule has 1 fully saturated rings. The van der Waals surface area contributed by atoms with Gasteiger partial charge in [-0.1, -0.05) is 11.3 Å². The molecule has 1 aliphatic heterocycles. The molecule has 3 rings (SSSR count). The van der Waals surface area contributed by atoms with Crippen LogP contribution in [0.5, 0.6) is 0 Å². The molecular weight excluding hydrogens is 384 g/mol. The summed E-state index contributed by atoms with van der Waals surface area (Å²) in [7, 11) is 0. The Morgan fingerprint density at radius 1 is 1.17 bits per heavy atom. The summed E-state index contributed by atoms with van der Waals surface area (Å²) < 4.78 is 9.00. The molecule has 5 nitrogen and oxygen atoms in total. The van der Waals surface area contributed by atoms with Gasteiger partial charge in [0.25, 0.3) is 0 Å². The molecule has 0 amide bonds. The summed E-state index contributed by atoms with van der Waals surface area (Å²) in [5.74, 6) is 0. The molecule has 0 spiro atoms. The van der Waals surface area contributed by atoms with Gasteiger partial charge in [-0.2, -0.15) is 0 Å². The van der Waals surface area contributed by atoms with E-state index in [1.54, 1.807) is 17.5 Å². The molecule has 0 bridgehead atoms. The first kappa shape index (κ1) is 12.6. The third-order valence-electron chi connectivity index (χ3n) is 2.66. The van der Waals surface area contributed by atoms with Gasteiger partial charge in [0.05, 0.1) is 25.6 Å². The van der Waals surface area contributed by atoms with Gasteiger partial charge in [-0.05, 0) is 31.9 Å². The third kappa shape index (κ3) is 2.34. The molecule has 0 saturated carbocycles. The Labute approximate surface area is 125 Å². The number of ether oxygens (including phenoxy) is 1. The van der Waals surface area contributed by atoms with E-state index in [2.05, 4.69) is 46.7 Å². The first-order valence-corrected chi connectivity index (χ1v) is 7.83. The van der Waals surface area contributed by atoms with Crippen LogP contribution in [-0.4, -0.2) is 40.8 Å². The van der Waals surface area contributed by atoms with Crippen molar-refractivity contribution in [3.8, 4) is 5.00 Å². The standard InChI is InChI=1S/C10H10Br2N4OS/c11-7-5-13-9(12)16(7)8-6-14-10(18-8)15-1-3-17-4-2-15/h5-6H,1-4H2. The van der Waals surface area contributed by atoms with Gasteiger partial charge in [-0.15, -0.1) is 0 Å². The minimum atomic E-state index is 0.770. The molecule has 3 heterocycles. The Kier molecular flexibility index (Phi) is 3.69. The lowest BCUT2D eigenvalue weighted by Crippen LogP contribution is -2.36. The van der Waals surface area contributed by atoms with Crippen LogP contribution in [0.4, 0.5) is 5.13 Å². The maximum atomic E-state index is 5.34. The van der Waals surface area contributed by atoms with Gasteiger partial charge in [-0.3, -0.25) is 4.57 Å². The Hall–Kier alpha value is -0.440. The minimum absolute atomic E-state index is 0.770. The molecule has 1 aliphatic rings. The van der Waals surface area contributed by atoms with Crippen molar-refractivity contribution >= 4 is 48.3 Å². The van der Waals surface area contributed by atoms with E-state index in [-0.39, 0.29) is 0 Å². The zero-order chi connectivity index (χ0) is 12.5. The molecule has 18 heavy (non-hydrogen) atoms. The number of imidazole rings is 1. The monoisotopic (exact) mass is 392 g/mol. The van der Waals surface area contributed by atoms with E-state index < -0.39 is 0 Å². The Morgan fingerprint density at radius 3 is 2.61 bits per heavy atom. The van der Waals surface area contributed by atoms with Crippen LogP contribution in [0.2, 0.25) is 0 Å². The van der Waals surface area contributed by atoms with Gasteiger partial charge in [0, 0.05) is 13.1 Å². The molecule has 0 radical (unpaired) electrons. The predicted molar refractivity (Wildman–Crippen MR) is 77.7 cm³/mol. The average molecular weight is 394 g/mol. The van der Waals surface area contributed by atoms with Crippen molar-refractivity contribution in [1.82, 2.24) is 14.5 Å². The lowest BCUT2D eigenvalue weighted by molar-refractivity contribution is 0.122. The van der Waals surface area contributed by atoms with E-state index in [9.17, 15) is 0 Å². The second kappa shape index (κ2) is 5.28. The van der Waals surface area contributed by atoms with Crippen LogP contribution < -0.4 is 4.90 Å². The number of hydrogen-bond acceptors (Lipinski definition) is 5. The van der Waals surface area contributed by atoms with Crippen molar-refractivity contribution < 1.29 is 4.74 Å². The summed E-state index contributed by atoms with van der Waals surface area (Å²) in [4.78, 5) is 10.9. The van der Waals surface area contributed by atoms with Gasteiger partial charge in [-0.25, -0.2) is 9.97 Å². The molecular formula is C10H10Br2N4OS. The largest absolute Gasteiger partial charge is 0.378 e. The van der Waals surface area contributed by atoms with E-state index in [1.807, 2.05) is 10.8 Å². The van der Waals surface area contributed by atoms with Crippen LogP contribution in [0.25, 0.3) is 5.00 Å². The fourth-order valence-electron chi connectivity index (χ4n) is 1.77. The average Bonchev–Trinajstić information content (AvgIpc) is 2.98. The number of thiazole rings is 1. The van der Waals surface area contributed by atoms with E-state index in [1.165, 1.54) is 0 Å². The maximum Gasteiger partial charge on any atom is 0.187 e. The molecule has 0 aromatic carbocycles. The topological polar surface area (TPSA) is 43.2 Å². The first-order chi connectivity index (χ1) is 8.75. The molecule has 2 aromatic heterocycles. The van der Waals surface area contributed by atoms with E-state index in [0.29, 0.717) is 0 Å². The molecule has 0 unspecified atom stereocenters. The number of hydrogen-bond donors (Lipinski definition) is 0. The summed E-state index contributed by atoms with van der Waals surface area (Å²) in [6.45, 7) is 3.35. The highest BCUT2D eigenvalue weighted by Crippen LogP contribution is 2.31. The van der Waals surface area contributed by atoms with Crippen molar-refractivity contribution in [3.05, 3.63) is 21.7 Å². The first-order valence-electron chi connectivity index (χ1n) is 5.43. The number of morpholine rings is 1. The highest BCUT2D eigenvalue weighted by molar-refractivity contribution is 9.11. The van der Waals surface area contributed by atoms with E-state index in [4.69, 9.17) is 4.74 Å². The van der Waals surface area contributed by atoms with Crippen LogP contribution in [0.1, 0.15) is 0 Å². The van der Waals surface area contributed by atoms with Gasteiger partial charge in [0.2, 0.25) is 0 Å². The molecule has 96 valence electrons. The van der Waals surface area contributed by atoms with Crippen molar-refractivity contribution in [3.63, 3.8) is 0 Å². The Balaban J connectivity index is 1.89. The highest BCUT2D eigenvalue weighted by atomic mass is 79.9. The van der Waals surface area contributed by atoms with Gasteiger partial charge in [0.15, 0.2) is 9.87 Å². The maximum absolute atomic E-state index is 5.34. The molecule has 0 N–H and O–H groups in total. The van der Waals surface area contributed by atoms with Crippen LogP contribution >= 0.6 is 43.2 Å². The van der Waals surface area contributed by atoms with Gasteiger partial charge >= 0.3 is 0 Å². The van der Waals surface area contributed by atoms with Crippen LogP contribution in [0, 0.1) is 0 Å². The Bertz CT molecular complexity index is 530. The number of anilines is 1. The SMILES string of the molecule is Brc1cnc(Br)n1-c1cnc(N2CCOCC2)s1. The quantitative estimate of drug-likeness (QED) is 0.786. The van der Waals surface area contributed by atoms with Crippen molar-refractivity contribution in [2.75, 3.05) is 31.2 Å². The fourth-order valence-corrected chi connectivity index (χ4v) is 4.17. The summed E-state index contributed by atoms with van der Waals surface area (Å²) in [5, 5.41) is 2.06. The van der Waals surface area contributed by atoms with E-state index in [0.717, 1.165) is 45.8 Å². The fraction of sp³-hybridized carbons (Fsp3) is 0.400. The van der Waals surface area contributed by atoms with Crippen molar-refractivity contribution in [2.45, 2.75) is 0 Å². The van der Waals surface area contributed by atoms with Crippen LogP contribution in [0.3, 0.4) is 0 Å². The Morgan fingerprint density at radius 2 is 1.94 bits per heavy atom.